The second kappa shape index (κ2) is 6.57. The first-order valence-corrected chi connectivity index (χ1v) is 7.82. The van der Waals surface area contributed by atoms with E-state index in [1.165, 1.54) is 6.92 Å². The van der Waals surface area contributed by atoms with Crippen LogP contribution in [0.5, 0.6) is 0 Å². The van der Waals surface area contributed by atoms with Gasteiger partial charge in [-0.05, 0) is 36.9 Å². The molecule has 124 valence electrons. The molecular weight excluding hydrogens is 314 g/mol. The SMILES string of the molecule is Cc1ccccc1-c1cc2cc(NC(=O)[C@H](C)C#N)ncc2c(N)n1. The third kappa shape index (κ3) is 3.26. The van der Waals surface area contributed by atoms with Crippen molar-refractivity contribution in [3.8, 4) is 17.3 Å². The van der Waals surface area contributed by atoms with Gasteiger partial charge in [0.15, 0.2) is 0 Å². The first-order valence-electron chi connectivity index (χ1n) is 7.82. The lowest BCUT2D eigenvalue weighted by atomic mass is 10.0. The van der Waals surface area contributed by atoms with Crippen LogP contribution in [-0.4, -0.2) is 15.9 Å². The highest BCUT2D eigenvalue weighted by atomic mass is 16.1. The average molecular weight is 331 g/mol. The summed E-state index contributed by atoms with van der Waals surface area (Å²) in [7, 11) is 0. The van der Waals surface area contributed by atoms with E-state index in [0.29, 0.717) is 17.0 Å². The second-order valence-electron chi connectivity index (χ2n) is 5.84. The van der Waals surface area contributed by atoms with Crippen LogP contribution in [0.3, 0.4) is 0 Å². The van der Waals surface area contributed by atoms with Gasteiger partial charge in [0.05, 0.1) is 11.8 Å². The Bertz CT molecular complexity index is 1010. The van der Waals surface area contributed by atoms with Crippen LogP contribution in [-0.2, 0) is 4.79 Å². The quantitative estimate of drug-likeness (QED) is 0.766. The Labute approximate surface area is 145 Å². The summed E-state index contributed by atoms with van der Waals surface area (Å²) >= 11 is 0. The van der Waals surface area contributed by atoms with Crippen LogP contribution in [0.25, 0.3) is 22.0 Å². The van der Waals surface area contributed by atoms with Crippen molar-refractivity contribution in [3.63, 3.8) is 0 Å². The zero-order valence-corrected chi connectivity index (χ0v) is 13.9. The zero-order valence-electron chi connectivity index (χ0n) is 13.9. The van der Waals surface area contributed by atoms with Gasteiger partial charge in [-0.25, -0.2) is 9.97 Å². The fourth-order valence-corrected chi connectivity index (χ4v) is 2.53. The Morgan fingerprint density at radius 3 is 2.80 bits per heavy atom. The number of nitriles is 1. The van der Waals surface area contributed by atoms with Crippen molar-refractivity contribution in [3.05, 3.63) is 48.2 Å². The number of carbonyl (C=O) groups excluding carboxylic acids is 1. The maximum atomic E-state index is 11.9. The lowest BCUT2D eigenvalue weighted by molar-refractivity contribution is -0.117. The molecule has 3 aromatic rings. The van der Waals surface area contributed by atoms with Gasteiger partial charge < -0.3 is 11.1 Å². The Morgan fingerprint density at radius 2 is 2.08 bits per heavy atom. The minimum Gasteiger partial charge on any atom is -0.383 e. The van der Waals surface area contributed by atoms with Gasteiger partial charge in [0, 0.05) is 17.1 Å². The third-order valence-corrected chi connectivity index (χ3v) is 4.00. The number of rotatable bonds is 3. The van der Waals surface area contributed by atoms with Crippen LogP contribution >= 0.6 is 0 Å². The minimum absolute atomic E-state index is 0.376. The van der Waals surface area contributed by atoms with Crippen LogP contribution in [0.4, 0.5) is 11.6 Å². The number of aromatic nitrogens is 2. The van der Waals surface area contributed by atoms with Crippen LogP contribution in [0, 0.1) is 24.2 Å². The van der Waals surface area contributed by atoms with Crippen LogP contribution < -0.4 is 11.1 Å². The van der Waals surface area contributed by atoms with Gasteiger partial charge in [-0.2, -0.15) is 5.26 Å². The number of benzene rings is 1. The first-order chi connectivity index (χ1) is 12.0. The Balaban J connectivity index is 2.05. The summed E-state index contributed by atoms with van der Waals surface area (Å²) in [6, 6.07) is 13.5. The number of carbonyl (C=O) groups is 1. The molecule has 0 bridgehead atoms. The molecular formula is C19H17N5O. The molecule has 0 aliphatic heterocycles. The maximum Gasteiger partial charge on any atom is 0.242 e. The Kier molecular flexibility index (Phi) is 4.31. The van der Waals surface area contributed by atoms with Gasteiger partial charge in [0.25, 0.3) is 0 Å². The molecule has 0 unspecified atom stereocenters. The Morgan fingerprint density at radius 1 is 1.32 bits per heavy atom. The number of aryl methyl sites for hydroxylation is 1. The molecule has 25 heavy (non-hydrogen) atoms. The highest BCUT2D eigenvalue weighted by molar-refractivity contribution is 5.98. The molecule has 1 aromatic carbocycles. The largest absolute Gasteiger partial charge is 0.383 e. The maximum absolute atomic E-state index is 11.9. The van der Waals surface area contributed by atoms with Crippen molar-refractivity contribution in [2.24, 2.45) is 5.92 Å². The van der Waals surface area contributed by atoms with E-state index in [1.54, 1.807) is 12.3 Å². The van der Waals surface area contributed by atoms with E-state index >= 15 is 0 Å². The number of hydrogen-bond acceptors (Lipinski definition) is 5. The predicted octanol–water partition coefficient (Wildman–Crippen LogP) is 3.29. The molecule has 1 amide bonds. The van der Waals surface area contributed by atoms with E-state index in [-0.39, 0.29) is 0 Å². The lowest BCUT2D eigenvalue weighted by Crippen LogP contribution is -2.19. The summed E-state index contributed by atoms with van der Waals surface area (Å²) < 4.78 is 0. The van der Waals surface area contributed by atoms with Crippen molar-refractivity contribution in [2.75, 3.05) is 11.1 Å². The zero-order chi connectivity index (χ0) is 18.0. The highest BCUT2D eigenvalue weighted by Gasteiger charge is 2.13. The molecule has 0 fully saturated rings. The summed E-state index contributed by atoms with van der Waals surface area (Å²) in [4.78, 5) is 20.5. The van der Waals surface area contributed by atoms with E-state index < -0.39 is 11.8 Å². The molecule has 0 radical (unpaired) electrons. The number of fused-ring (bicyclic) bond motifs is 1. The molecule has 2 heterocycles. The van der Waals surface area contributed by atoms with Gasteiger partial charge in [-0.3, -0.25) is 4.79 Å². The lowest BCUT2D eigenvalue weighted by Gasteiger charge is -2.10. The van der Waals surface area contributed by atoms with E-state index in [9.17, 15) is 4.79 Å². The summed E-state index contributed by atoms with van der Waals surface area (Å²) in [6.45, 7) is 3.55. The van der Waals surface area contributed by atoms with Gasteiger partial charge >= 0.3 is 0 Å². The monoisotopic (exact) mass is 331 g/mol. The molecule has 6 nitrogen and oxygen atoms in total. The molecule has 0 aliphatic carbocycles. The molecule has 0 aliphatic rings. The number of nitrogens with one attached hydrogen (secondary N) is 1. The molecule has 1 atom stereocenters. The van der Waals surface area contributed by atoms with E-state index in [0.717, 1.165) is 22.2 Å². The predicted molar refractivity (Wildman–Crippen MR) is 97.5 cm³/mol. The molecule has 2 aromatic heterocycles. The number of hydrogen-bond donors (Lipinski definition) is 2. The fraction of sp³-hybridized carbons (Fsp3) is 0.158. The molecule has 3 N–H and O–H groups in total. The number of amides is 1. The van der Waals surface area contributed by atoms with Gasteiger partial charge in [-0.15, -0.1) is 0 Å². The average Bonchev–Trinajstić information content (AvgIpc) is 2.61. The van der Waals surface area contributed by atoms with Gasteiger partial charge in [0.2, 0.25) is 5.91 Å². The normalized spacial score (nSPS) is 11.7. The Hall–Kier alpha value is -3.46. The van der Waals surface area contributed by atoms with E-state index in [1.807, 2.05) is 43.3 Å². The van der Waals surface area contributed by atoms with Gasteiger partial charge in [-0.1, -0.05) is 24.3 Å². The van der Waals surface area contributed by atoms with Crippen LogP contribution in [0.15, 0.2) is 42.6 Å². The van der Waals surface area contributed by atoms with Crippen molar-refractivity contribution >= 4 is 28.3 Å². The second-order valence-corrected chi connectivity index (χ2v) is 5.84. The highest BCUT2D eigenvalue weighted by Crippen LogP contribution is 2.28. The van der Waals surface area contributed by atoms with Crippen molar-refractivity contribution < 1.29 is 4.79 Å². The molecule has 3 rings (SSSR count). The van der Waals surface area contributed by atoms with E-state index in [4.69, 9.17) is 11.0 Å². The summed E-state index contributed by atoms with van der Waals surface area (Å²) in [5.74, 6) is -0.384. The molecule has 0 saturated heterocycles. The summed E-state index contributed by atoms with van der Waals surface area (Å²) in [5.41, 5.74) is 8.94. The number of nitrogen functional groups attached to an aromatic ring is 1. The number of nitrogens with two attached hydrogens (primary N) is 1. The summed E-state index contributed by atoms with van der Waals surface area (Å²) in [6.07, 6.45) is 1.58. The van der Waals surface area contributed by atoms with Crippen molar-refractivity contribution in [1.29, 1.82) is 5.26 Å². The minimum atomic E-state index is -0.748. The van der Waals surface area contributed by atoms with Crippen molar-refractivity contribution in [2.45, 2.75) is 13.8 Å². The number of anilines is 2. The van der Waals surface area contributed by atoms with Crippen LogP contribution in [0.1, 0.15) is 12.5 Å². The molecule has 0 spiro atoms. The van der Waals surface area contributed by atoms with Crippen LogP contribution in [0.2, 0.25) is 0 Å². The molecule has 0 saturated carbocycles. The number of nitrogens with zero attached hydrogens (tertiary/aromatic N) is 3. The smallest absolute Gasteiger partial charge is 0.242 e. The van der Waals surface area contributed by atoms with E-state index in [2.05, 4.69) is 15.3 Å². The molecule has 6 heteroatoms. The third-order valence-electron chi connectivity index (χ3n) is 4.00. The topological polar surface area (TPSA) is 105 Å². The number of pyridine rings is 2. The summed E-state index contributed by atoms with van der Waals surface area (Å²) in [5, 5.41) is 13.0. The standard InChI is InChI=1S/C19H17N5O/c1-11-5-3-4-6-14(11)16-7-13-8-17(24-19(25)12(2)9-20)22-10-15(13)18(21)23-16/h3-8,10,12H,1-2H3,(H2,21,23)(H,22,24,25)/t12-/m1/s1. The van der Waals surface area contributed by atoms with Gasteiger partial charge in [0.1, 0.15) is 17.6 Å². The van der Waals surface area contributed by atoms with Crippen molar-refractivity contribution in [1.82, 2.24) is 9.97 Å². The first kappa shape index (κ1) is 16.4. The fourth-order valence-electron chi connectivity index (χ4n) is 2.53.